The fourth-order valence-electron chi connectivity index (χ4n) is 2.83. The van der Waals surface area contributed by atoms with E-state index in [0.29, 0.717) is 38.0 Å². The molecule has 17 heavy (non-hydrogen) atoms. The summed E-state index contributed by atoms with van der Waals surface area (Å²) in [4.78, 5) is 0. The van der Waals surface area contributed by atoms with Gasteiger partial charge in [-0.05, 0) is 18.3 Å². The van der Waals surface area contributed by atoms with Gasteiger partial charge < -0.3 is 5.32 Å². The molecule has 0 saturated carbocycles. The highest BCUT2D eigenvalue weighted by Gasteiger charge is 2.35. The van der Waals surface area contributed by atoms with Gasteiger partial charge in [0.25, 0.3) is 10.2 Å². The molecule has 0 bridgehead atoms. The van der Waals surface area contributed by atoms with Gasteiger partial charge in [-0.1, -0.05) is 13.8 Å². The van der Waals surface area contributed by atoms with Crippen LogP contribution in [0.4, 0.5) is 0 Å². The first-order chi connectivity index (χ1) is 8.00. The number of piperidine rings is 1. The maximum absolute atomic E-state index is 12.5. The first kappa shape index (κ1) is 13.3. The highest BCUT2D eigenvalue weighted by molar-refractivity contribution is 7.86. The maximum Gasteiger partial charge on any atom is 0.282 e. The molecule has 0 aliphatic carbocycles. The Hall–Kier alpha value is -0.170. The second-order valence-electron chi connectivity index (χ2n) is 5.42. The number of hydrogen-bond acceptors (Lipinski definition) is 3. The summed E-state index contributed by atoms with van der Waals surface area (Å²) >= 11 is 0. The van der Waals surface area contributed by atoms with E-state index in [9.17, 15) is 8.42 Å². The molecule has 100 valence electrons. The van der Waals surface area contributed by atoms with Crippen molar-refractivity contribution < 1.29 is 8.42 Å². The fourth-order valence-corrected chi connectivity index (χ4v) is 4.69. The van der Waals surface area contributed by atoms with Crippen LogP contribution in [0.15, 0.2) is 0 Å². The highest BCUT2D eigenvalue weighted by atomic mass is 32.2. The minimum Gasteiger partial charge on any atom is -0.314 e. The van der Waals surface area contributed by atoms with E-state index in [4.69, 9.17) is 0 Å². The quantitative estimate of drug-likeness (QED) is 0.768. The molecule has 0 aromatic heterocycles. The van der Waals surface area contributed by atoms with Crippen LogP contribution in [0.2, 0.25) is 0 Å². The van der Waals surface area contributed by atoms with Gasteiger partial charge in [0, 0.05) is 39.3 Å². The average Bonchev–Trinajstić information content (AvgIpc) is 2.29. The molecule has 2 unspecified atom stereocenters. The molecule has 2 saturated heterocycles. The smallest absolute Gasteiger partial charge is 0.282 e. The Bertz CT molecular complexity index is 342. The van der Waals surface area contributed by atoms with Gasteiger partial charge in [-0.15, -0.1) is 0 Å². The zero-order chi connectivity index (χ0) is 12.5. The van der Waals surface area contributed by atoms with Crippen molar-refractivity contribution in [2.75, 3.05) is 39.3 Å². The molecule has 0 radical (unpaired) electrons. The predicted molar refractivity (Wildman–Crippen MR) is 67.9 cm³/mol. The Labute approximate surface area is 104 Å². The molecule has 5 nitrogen and oxygen atoms in total. The van der Waals surface area contributed by atoms with Gasteiger partial charge in [-0.3, -0.25) is 0 Å². The van der Waals surface area contributed by atoms with E-state index in [1.807, 2.05) is 0 Å². The van der Waals surface area contributed by atoms with Crippen molar-refractivity contribution in [3.8, 4) is 0 Å². The van der Waals surface area contributed by atoms with E-state index < -0.39 is 10.2 Å². The summed E-state index contributed by atoms with van der Waals surface area (Å²) in [7, 11) is -3.22. The Balaban J connectivity index is 2.08. The minimum absolute atomic E-state index is 0.469. The molecule has 2 heterocycles. The molecule has 2 atom stereocenters. The van der Waals surface area contributed by atoms with Crippen molar-refractivity contribution in [3.63, 3.8) is 0 Å². The van der Waals surface area contributed by atoms with Crippen molar-refractivity contribution in [1.29, 1.82) is 0 Å². The summed E-state index contributed by atoms with van der Waals surface area (Å²) in [5.41, 5.74) is 0. The van der Waals surface area contributed by atoms with Crippen molar-refractivity contribution in [2.45, 2.75) is 20.3 Å². The summed E-state index contributed by atoms with van der Waals surface area (Å²) in [6.45, 7) is 8.35. The third-order valence-electron chi connectivity index (χ3n) is 3.56. The van der Waals surface area contributed by atoms with E-state index in [-0.39, 0.29) is 0 Å². The van der Waals surface area contributed by atoms with Gasteiger partial charge in [0.05, 0.1) is 0 Å². The van der Waals surface area contributed by atoms with Crippen molar-refractivity contribution >= 4 is 10.2 Å². The van der Waals surface area contributed by atoms with Gasteiger partial charge in [0.2, 0.25) is 0 Å². The van der Waals surface area contributed by atoms with Gasteiger partial charge >= 0.3 is 0 Å². The van der Waals surface area contributed by atoms with Crippen LogP contribution in [-0.2, 0) is 10.2 Å². The minimum atomic E-state index is -3.22. The lowest BCUT2D eigenvalue weighted by molar-refractivity contribution is 0.205. The molecule has 0 aromatic carbocycles. The number of piperazine rings is 1. The monoisotopic (exact) mass is 261 g/mol. The average molecular weight is 261 g/mol. The standard InChI is InChI=1S/C11H23N3O2S/c1-10-7-11(2)9-14(8-10)17(15,16)13-5-3-12-4-6-13/h10-12H,3-9H2,1-2H3. The molecule has 0 aromatic rings. The third-order valence-corrected chi connectivity index (χ3v) is 5.53. The lowest BCUT2D eigenvalue weighted by Crippen LogP contribution is -2.54. The first-order valence-electron chi connectivity index (χ1n) is 6.46. The van der Waals surface area contributed by atoms with Gasteiger partial charge in [0.15, 0.2) is 0 Å². The maximum atomic E-state index is 12.5. The van der Waals surface area contributed by atoms with Crippen LogP contribution in [0.3, 0.4) is 0 Å². The lowest BCUT2D eigenvalue weighted by Gasteiger charge is -2.38. The molecular formula is C11H23N3O2S. The van der Waals surface area contributed by atoms with E-state index in [1.165, 1.54) is 0 Å². The number of rotatable bonds is 2. The molecule has 2 aliphatic rings. The first-order valence-corrected chi connectivity index (χ1v) is 7.86. The predicted octanol–water partition coefficient (Wildman–Crippen LogP) is 0.114. The normalized spacial score (nSPS) is 33.8. The van der Waals surface area contributed by atoms with Crippen LogP contribution in [-0.4, -0.2) is 56.3 Å². The Morgan fingerprint density at radius 2 is 1.53 bits per heavy atom. The van der Waals surface area contributed by atoms with Crippen LogP contribution in [0.1, 0.15) is 20.3 Å². The lowest BCUT2D eigenvalue weighted by atomic mass is 9.94. The molecule has 1 N–H and O–H groups in total. The summed E-state index contributed by atoms with van der Waals surface area (Å²) < 4.78 is 28.2. The Morgan fingerprint density at radius 3 is 2.06 bits per heavy atom. The van der Waals surface area contributed by atoms with Crippen molar-refractivity contribution in [1.82, 2.24) is 13.9 Å². The number of nitrogens with zero attached hydrogens (tertiary/aromatic N) is 2. The molecule has 2 rings (SSSR count). The molecule has 2 aliphatic heterocycles. The summed E-state index contributed by atoms with van der Waals surface area (Å²) in [6, 6.07) is 0. The van der Waals surface area contributed by atoms with Gasteiger partial charge in [-0.25, -0.2) is 0 Å². The van der Waals surface area contributed by atoms with Crippen LogP contribution >= 0.6 is 0 Å². The molecule has 6 heteroatoms. The SMILES string of the molecule is CC1CC(C)CN(S(=O)(=O)N2CCNCC2)C1. The van der Waals surface area contributed by atoms with Crippen LogP contribution < -0.4 is 5.32 Å². The molecule has 0 spiro atoms. The zero-order valence-electron chi connectivity index (χ0n) is 10.7. The van der Waals surface area contributed by atoms with Crippen LogP contribution in [0.5, 0.6) is 0 Å². The zero-order valence-corrected chi connectivity index (χ0v) is 11.5. The van der Waals surface area contributed by atoms with E-state index in [2.05, 4.69) is 19.2 Å². The summed E-state index contributed by atoms with van der Waals surface area (Å²) in [5, 5.41) is 3.18. The van der Waals surface area contributed by atoms with E-state index in [1.54, 1.807) is 8.61 Å². The summed E-state index contributed by atoms with van der Waals surface area (Å²) in [6.07, 6.45) is 1.13. The molecule has 0 amide bonds. The Kier molecular flexibility index (Phi) is 4.07. The highest BCUT2D eigenvalue weighted by Crippen LogP contribution is 2.24. The number of nitrogens with one attached hydrogen (secondary N) is 1. The van der Waals surface area contributed by atoms with E-state index in [0.717, 1.165) is 19.5 Å². The second kappa shape index (κ2) is 5.22. The van der Waals surface area contributed by atoms with Gasteiger partial charge in [0.1, 0.15) is 0 Å². The summed E-state index contributed by atoms with van der Waals surface area (Å²) in [5.74, 6) is 0.938. The molecular weight excluding hydrogens is 238 g/mol. The largest absolute Gasteiger partial charge is 0.314 e. The third kappa shape index (κ3) is 2.99. The number of hydrogen-bond donors (Lipinski definition) is 1. The fraction of sp³-hybridized carbons (Fsp3) is 1.00. The Morgan fingerprint density at radius 1 is 1.00 bits per heavy atom. The topological polar surface area (TPSA) is 52.7 Å². The van der Waals surface area contributed by atoms with E-state index >= 15 is 0 Å². The second-order valence-corrected chi connectivity index (χ2v) is 7.35. The van der Waals surface area contributed by atoms with Gasteiger partial charge in [-0.2, -0.15) is 17.0 Å². The molecule has 2 fully saturated rings. The van der Waals surface area contributed by atoms with Crippen molar-refractivity contribution in [3.05, 3.63) is 0 Å². The van der Waals surface area contributed by atoms with Crippen molar-refractivity contribution in [2.24, 2.45) is 11.8 Å². The van der Waals surface area contributed by atoms with Crippen LogP contribution in [0.25, 0.3) is 0 Å². The van der Waals surface area contributed by atoms with Crippen LogP contribution in [0, 0.1) is 11.8 Å².